The first-order valence-corrected chi connectivity index (χ1v) is 11.9. The zero-order chi connectivity index (χ0) is 29.4. The Morgan fingerprint density at radius 1 is 1.29 bits per heavy atom. The Bertz CT molecular complexity index is 1760. The van der Waals surface area contributed by atoms with E-state index in [0.29, 0.717) is 11.0 Å². The summed E-state index contributed by atoms with van der Waals surface area (Å²) in [5.41, 5.74) is -0.960. The van der Waals surface area contributed by atoms with Crippen LogP contribution < -0.4 is 4.90 Å². The van der Waals surface area contributed by atoms with Crippen LogP contribution in [0.2, 0.25) is 0 Å². The highest BCUT2D eigenvalue weighted by Crippen LogP contribution is 2.54. The number of amides is 1. The predicted octanol–water partition coefficient (Wildman–Crippen LogP) is 3.67. The highest BCUT2D eigenvalue weighted by Gasteiger charge is 2.59. The molecule has 2 aromatic carbocycles. The Kier molecular flexibility index (Phi) is 4.81. The van der Waals surface area contributed by atoms with Gasteiger partial charge in [0.2, 0.25) is 5.72 Å². The Hall–Kier alpha value is -4.09. The van der Waals surface area contributed by atoms with E-state index in [0.717, 1.165) is 4.90 Å². The number of ether oxygens (including phenoxy) is 1. The number of rotatable bonds is 6. The zero-order valence-corrected chi connectivity index (χ0v) is 20.3. The maximum absolute atomic E-state index is 14.4. The molecule has 2 aliphatic heterocycles. The van der Waals surface area contributed by atoms with Crippen LogP contribution in [-0.4, -0.2) is 49.0 Å². The summed E-state index contributed by atoms with van der Waals surface area (Å²) < 4.78 is 61.2. The number of anilines is 1. The molecule has 3 atom stereocenters. The molecule has 1 N–H and O–H groups in total. The molecule has 6 rings (SSSR count). The number of alkyl halides is 2. The molecule has 0 saturated carbocycles. The van der Waals surface area contributed by atoms with Gasteiger partial charge < -0.3 is 9.67 Å². The number of carbonyl (C=O) groups is 2. The summed E-state index contributed by atoms with van der Waals surface area (Å²) in [6, 6.07) is 6.06. The van der Waals surface area contributed by atoms with Crippen LogP contribution in [0.15, 0.2) is 54.7 Å². The molecule has 1 unspecified atom stereocenters. The molecule has 0 saturated heterocycles. The first kappa shape index (κ1) is 20.9. The maximum atomic E-state index is 14.4. The molecule has 4 heterocycles. The maximum Gasteiger partial charge on any atom is 0.347 e. The lowest BCUT2D eigenvalue weighted by atomic mass is 9.94. The largest absolute Gasteiger partial charge is 0.386 e. The number of nitrogens with zero attached hydrogens (tertiary/aromatic N) is 5. The molecule has 0 spiro atoms. The van der Waals surface area contributed by atoms with Gasteiger partial charge in [-0.25, -0.2) is 15.0 Å². The number of fused-ring (bicyclic) bond motifs is 9. The van der Waals surface area contributed by atoms with E-state index < -0.39 is 54.7 Å². The minimum absolute atomic E-state index is 0.00405. The first-order chi connectivity index (χ1) is 19.5. The van der Waals surface area contributed by atoms with E-state index in [-0.39, 0.29) is 46.6 Å². The SMILES string of the molecule is [2H]c1c([2H])c(C)c2c(c1[2H])C(=O)N(c1ccnc(CC(=O)C(C)O)n1)[C@@]1(OC(F)F)C[C@H]2n2c1nc1ccccc12. The van der Waals surface area contributed by atoms with Crippen molar-refractivity contribution in [1.82, 2.24) is 19.5 Å². The van der Waals surface area contributed by atoms with Gasteiger partial charge in [0.1, 0.15) is 17.7 Å². The Labute approximate surface area is 219 Å². The van der Waals surface area contributed by atoms with Gasteiger partial charge in [0.05, 0.1) is 27.6 Å². The first-order valence-electron chi connectivity index (χ1n) is 13.4. The highest BCUT2D eigenvalue weighted by molar-refractivity contribution is 6.08. The van der Waals surface area contributed by atoms with Gasteiger partial charge in [-0.1, -0.05) is 24.2 Å². The summed E-state index contributed by atoms with van der Waals surface area (Å²) in [6.45, 7) is -0.530. The minimum Gasteiger partial charge on any atom is -0.386 e. The van der Waals surface area contributed by atoms with Gasteiger partial charge in [-0.3, -0.25) is 19.2 Å². The number of carbonyl (C=O) groups excluding carboxylic acids is 2. The molecular weight excluding hydrogens is 496 g/mol. The number of aliphatic hydroxyl groups is 1. The topological polar surface area (TPSA) is 110 Å². The van der Waals surface area contributed by atoms with Gasteiger partial charge in [0, 0.05) is 18.2 Å². The molecule has 194 valence electrons. The van der Waals surface area contributed by atoms with Crippen molar-refractivity contribution in [3.63, 3.8) is 0 Å². The molecule has 0 aliphatic carbocycles. The Morgan fingerprint density at radius 3 is 2.84 bits per heavy atom. The zero-order valence-electron chi connectivity index (χ0n) is 23.3. The van der Waals surface area contributed by atoms with Crippen molar-refractivity contribution in [3.05, 3.63) is 83.0 Å². The van der Waals surface area contributed by atoms with E-state index in [9.17, 15) is 23.5 Å². The molecule has 0 radical (unpaired) electrons. The van der Waals surface area contributed by atoms with Gasteiger partial charge in [-0.15, -0.1) is 0 Å². The number of imidazole rings is 1. The van der Waals surface area contributed by atoms with Crippen molar-refractivity contribution in [2.24, 2.45) is 0 Å². The standard InChI is InChI=1S/C27H23F2N5O4/c1-14-6-5-7-16-23(14)19-13-27(38-26(28)29,25-31-17-8-3-4-9-18(17)33(19)25)34(24(16)37)22-10-11-30-21(32-22)12-20(36)15(2)35/h3-11,15,19,26,35H,12-13H2,1-2H3/t15?,19-,27-/m1/s1/i5D,6D,7D. The van der Waals surface area contributed by atoms with E-state index in [1.807, 2.05) is 0 Å². The molecule has 38 heavy (non-hydrogen) atoms. The Morgan fingerprint density at radius 2 is 2.08 bits per heavy atom. The molecule has 2 aliphatic rings. The van der Waals surface area contributed by atoms with E-state index in [1.165, 1.54) is 19.2 Å². The van der Waals surface area contributed by atoms with Crippen LogP contribution in [0.5, 0.6) is 0 Å². The third kappa shape index (κ3) is 3.53. The normalized spacial score (nSPS) is 22.1. The van der Waals surface area contributed by atoms with Crippen molar-refractivity contribution in [3.8, 4) is 0 Å². The van der Waals surface area contributed by atoms with Crippen molar-refractivity contribution < 1.29 is 32.3 Å². The number of aliphatic hydroxyl groups excluding tert-OH is 1. The lowest BCUT2D eigenvalue weighted by Crippen LogP contribution is -2.52. The molecule has 2 aromatic heterocycles. The number of aromatic nitrogens is 4. The van der Waals surface area contributed by atoms with Crippen LogP contribution in [0, 0.1) is 6.92 Å². The lowest BCUT2D eigenvalue weighted by molar-refractivity contribution is -0.212. The summed E-state index contributed by atoms with van der Waals surface area (Å²) in [7, 11) is 0. The molecule has 2 bridgehead atoms. The van der Waals surface area contributed by atoms with Crippen molar-refractivity contribution in [1.29, 1.82) is 0 Å². The number of ketones is 1. The minimum atomic E-state index is -3.37. The Balaban J connectivity index is 1.70. The molecule has 0 fully saturated rings. The summed E-state index contributed by atoms with van der Waals surface area (Å²) in [4.78, 5) is 40.6. The van der Waals surface area contributed by atoms with Crippen LogP contribution in [0.3, 0.4) is 0 Å². The van der Waals surface area contributed by atoms with Crippen LogP contribution in [0.1, 0.15) is 56.6 Å². The quantitative estimate of drug-likeness (QED) is 0.411. The predicted molar refractivity (Wildman–Crippen MR) is 132 cm³/mol. The lowest BCUT2D eigenvalue weighted by Gasteiger charge is -2.38. The summed E-state index contributed by atoms with van der Waals surface area (Å²) >= 11 is 0. The summed E-state index contributed by atoms with van der Waals surface area (Å²) in [5, 5.41) is 9.66. The highest BCUT2D eigenvalue weighted by atomic mass is 19.3. The fourth-order valence-corrected chi connectivity index (χ4v) is 5.36. The van der Waals surface area contributed by atoms with Gasteiger partial charge >= 0.3 is 6.61 Å². The average molecular weight is 523 g/mol. The smallest absolute Gasteiger partial charge is 0.347 e. The van der Waals surface area contributed by atoms with Gasteiger partial charge in [-0.05, 0) is 49.2 Å². The van der Waals surface area contributed by atoms with E-state index in [2.05, 4.69) is 15.0 Å². The van der Waals surface area contributed by atoms with E-state index >= 15 is 0 Å². The van der Waals surface area contributed by atoms with Crippen molar-refractivity contribution >= 4 is 28.5 Å². The summed E-state index contributed by atoms with van der Waals surface area (Å²) in [6.07, 6.45) is -0.712. The van der Waals surface area contributed by atoms with Crippen molar-refractivity contribution in [2.45, 2.75) is 51.2 Å². The number of hydrogen-bond acceptors (Lipinski definition) is 7. The molecule has 11 heteroatoms. The molecule has 4 aromatic rings. The van der Waals surface area contributed by atoms with Crippen LogP contribution in [0.25, 0.3) is 11.0 Å². The summed E-state index contributed by atoms with van der Waals surface area (Å²) in [5.74, 6) is -1.83. The van der Waals surface area contributed by atoms with E-state index in [4.69, 9.17) is 8.85 Å². The second-order valence-corrected chi connectivity index (χ2v) is 9.26. The van der Waals surface area contributed by atoms with Gasteiger partial charge in [0.15, 0.2) is 11.6 Å². The van der Waals surface area contributed by atoms with Crippen LogP contribution >= 0.6 is 0 Å². The molecule has 9 nitrogen and oxygen atoms in total. The van der Waals surface area contributed by atoms with Gasteiger partial charge in [0.25, 0.3) is 5.91 Å². The second-order valence-electron chi connectivity index (χ2n) is 9.26. The van der Waals surface area contributed by atoms with E-state index in [1.54, 1.807) is 35.8 Å². The number of hydrogen-bond donors (Lipinski definition) is 1. The average Bonchev–Trinajstić information content (AvgIpc) is 3.42. The number of para-hydroxylation sites is 2. The third-order valence-corrected chi connectivity index (χ3v) is 6.95. The molecule has 1 amide bonds. The number of halogens is 2. The van der Waals surface area contributed by atoms with Crippen LogP contribution in [-0.2, 0) is 21.7 Å². The molecular formula is C27H23F2N5O4. The second kappa shape index (κ2) is 8.74. The van der Waals surface area contributed by atoms with Crippen molar-refractivity contribution in [2.75, 3.05) is 4.90 Å². The third-order valence-electron chi connectivity index (χ3n) is 6.95. The monoisotopic (exact) mass is 522 g/mol. The van der Waals surface area contributed by atoms with Crippen LogP contribution in [0.4, 0.5) is 14.6 Å². The number of benzene rings is 2. The fraction of sp³-hybridized carbons (Fsp3) is 0.296. The fourth-order valence-electron chi connectivity index (χ4n) is 5.36. The number of Topliss-reactive ketones (excluding diaryl/α,β-unsaturated/α-hetero) is 1. The van der Waals surface area contributed by atoms with Gasteiger partial charge in [-0.2, -0.15) is 8.78 Å².